The van der Waals surface area contributed by atoms with Gasteiger partial charge in [-0.2, -0.15) is 0 Å². The molecule has 1 aliphatic rings. The van der Waals surface area contributed by atoms with Crippen LogP contribution >= 0.6 is 11.8 Å². The molecule has 0 aliphatic heterocycles. The minimum absolute atomic E-state index is 0.0449. The highest BCUT2D eigenvalue weighted by Gasteiger charge is 2.33. The standard InChI is InChI=1S/C13H15NO2S/c1-8(15)9-3-2-4-11(5-9)17-12-6-10(7-12)13(14)16/h2-5,10,12H,6-7H2,1H3,(H2,14,16). The summed E-state index contributed by atoms with van der Waals surface area (Å²) in [6, 6.07) is 7.61. The molecule has 90 valence electrons. The molecule has 1 aromatic rings. The molecule has 0 radical (unpaired) electrons. The molecule has 0 spiro atoms. The number of carbonyl (C=O) groups is 2. The Morgan fingerprint density at radius 2 is 2.06 bits per heavy atom. The fourth-order valence-corrected chi connectivity index (χ4v) is 3.27. The van der Waals surface area contributed by atoms with Crippen LogP contribution in [0.25, 0.3) is 0 Å². The van der Waals surface area contributed by atoms with Gasteiger partial charge >= 0.3 is 0 Å². The molecule has 4 heteroatoms. The molecule has 1 amide bonds. The van der Waals surface area contributed by atoms with E-state index in [9.17, 15) is 9.59 Å². The second-order valence-electron chi connectivity index (χ2n) is 4.39. The molecule has 0 unspecified atom stereocenters. The van der Waals surface area contributed by atoms with Gasteiger partial charge in [-0.25, -0.2) is 0 Å². The fraction of sp³-hybridized carbons (Fsp3) is 0.385. The van der Waals surface area contributed by atoms with E-state index in [2.05, 4.69) is 0 Å². The van der Waals surface area contributed by atoms with Crippen LogP contribution in [0.5, 0.6) is 0 Å². The molecule has 17 heavy (non-hydrogen) atoms. The molecule has 1 fully saturated rings. The van der Waals surface area contributed by atoms with Crippen LogP contribution in [0.4, 0.5) is 0 Å². The van der Waals surface area contributed by atoms with Gasteiger partial charge in [0, 0.05) is 21.6 Å². The molecule has 1 aromatic carbocycles. The lowest BCUT2D eigenvalue weighted by Gasteiger charge is -2.32. The number of primary amides is 1. The Bertz CT molecular complexity index is 452. The molecular formula is C13H15NO2S. The molecule has 0 bridgehead atoms. The first-order chi connectivity index (χ1) is 8.06. The molecular weight excluding hydrogens is 234 g/mol. The van der Waals surface area contributed by atoms with Crippen molar-refractivity contribution in [1.29, 1.82) is 0 Å². The monoisotopic (exact) mass is 249 g/mol. The highest BCUT2D eigenvalue weighted by atomic mass is 32.2. The van der Waals surface area contributed by atoms with Crippen LogP contribution in [0.15, 0.2) is 29.2 Å². The summed E-state index contributed by atoms with van der Waals surface area (Å²) in [4.78, 5) is 23.2. The summed E-state index contributed by atoms with van der Waals surface area (Å²) in [5.74, 6) is -0.0705. The van der Waals surface area contributed by atoms with Crippen LogP contribution in [-0.4, -0.2) is 16.9 Å². The quantitative estimate of drug-likeness (QED) is 0.832. The number of amides is 1. The topological polar surface area (TPSA) is 60.2 Å². The molecule has 1 aliphatic carbocycles. The average molecular weight is 249 g/mol. The lowest BCUT2D eigenvalue weighted by Crippen LogP contribution is -2.36. The molecule has 0 atom stereocenters. The van der Waals surface area contributed by atoms with E-state index < -0.39 is 0 Å². The van der Waals surface area contributed by atoms with Crippen LogP contribution in [-0.2, 0) is 4.79 Å². The third-order valence-electron chi connectivity index (χ3n) is 3.04. The molecule has 2 N–H and O–H groups in total. The lowest BCUT2D eigenvalue weighted by atomic mass is 9.84. The van der Waals surface area contributed by atoms with Gasteiger partial charge in [0.2, 0.25) is 5.91 Å². The van der Waals surface area contributed by atoms with E-state index in [0.29, 0.717) is 5.25 Å². The maximum atomic E-state index is 11.2. The van der Waals surface area contributed by atoms with Gasteiger partial charge in [0.15, 0.2) is 5.78 Å². The van der Waals surface area contributed by atoms with Gasteiger partial charge in [-0.3, -0.25) is 9.59 Å². The Morgan fingerprint density at radius 3 is 2.65 bits per heavy atom. The SMILES string of the molecule is CC(=O)c1cccc(SC2CC(C(N)=O)C2)c1. The van der Waals surface area contributed by atoms with Gasteiger partial charge in [-0.05, 0) is 31.9 Å². The average Bonchev–Trinajstić information content (AvgIpc) is 2.22. The summed E-state index contributed by atoms with van der Waals surface area (Å²) >= 11 is 1.72. The van der Waals surface area contributed by atoms with E-state index >= 15 is 0 Å². The number of nitrogens with two attached hydrogens (primary N) is 1. The Balaban J connectivity index is 1.94. The van der Waals surface area contributed by atoms with Gasteiger partial charge in [0.25, 0.3) is 0 Å². The van der Waals surface area contributed by atoms with E-state index in [1.807, 2.05) is 24.3 Å². The number of Topliss-reactive ketones (excluding diaryl/α,β-unsaturated/α-hetero) is 1. The van der Waals surface area contributed by atoms with Gasteiger partial charge in [0.05, 0.1) is 0 Å². The summed E-state index contributed by atoms with van der Waals surface area (Å²) < 4.78 is 0. The molecule has 3 nitrogen and oxygen atoms in total. The number of carbonyl (C=O) groups excluding carboxylic acids is 2. The Labute approximate surface area is 105 Å². The Hall–Kier alpha value is -1.29. The summed E-state index contributed by atoms with van der Waals surface area (Å²) in [6.45, 7) is 1.57. The molecule has 2 rings (SSSR count). The number of rotatable bonds is 4. The van der Waals surface area contributed by atoms with E-state index in [-0.39, 0.29) is 17.6 Å². The highest BCUT2D eigenvalue weighted by molar-refractivity contribution is 8.00. The van der Waals surface area contributed by atoms with Crippen LogP contribution in [0.3, 0.4) is 0 Å². The second kappa shape index (κ2) is 4.92. The summed E-state index contributed by atoms with van der Waals surface area (Å²) in [7, 11) is 0. The summed E-state index contributed by atoms with van der Waals surface area (Å²) in [5, 5.41) is 0.453. The van der Waals surface area contributed by atoms with E-state index in [1.54, 1.807) is 18.7 Å². The molecule has 0 aromatic heterocycles. The van der Waals surface area contributed by atoms with Crippen molar-refractivity contribution in [3.63, 3.8) is 0 Å². The smallest absolute Gasteiger partial charge is 0.220 e. The zero-order valence-corrected chi connectivity index (χ0v) is 10.5. The predicted molar refractivity (Wildman–Crippen MR) is 68.0 cm³/mol. The summed E-state index contributed by atoms with van der Waals surface area (Å²) in [6.07, 6.45) is 1.70. The fourth-order valence-electron chi connectivity index (χ4n) is 1.88. The summed E-state index contributed by atoms with van der Waals surface area (Å²) in [5.41, 5.74) is 5.96. The third-order valence-corrected chi connectivity index (χ3v) is 4.28. The Morgan fingerprint density at radius 1 is 1.35 bits per heavy atom. The lowest BCUT2D eigenvalue weighted by molar-refractivity contribution is -0.123. The largest absolute Gasteiger partial charge is 0.369 e. The predicted octanol–water partition coefficient (Wildman–Crippen LogP) is 2.25. The second-order valence-corrected chi connectivity index (χ2v) is 5.77. The maximum Gasteiger partial charge on any atom is 0.220 e. The van der Waals surface area contributed by atoms with Gasteiger partial charge in [-0.15, -0.1) is 11.8 Å². The number of hydrogen-bond donors (Lipinski definition) is 1. The highest BCUT2D eigenvalue weighted by Crippen LogP contribution is 2.40. The van der Waals surface area contributed by atoms with Crippen molar-refractivity contribution >= 4 is 23.5 Å². The van der Waals surface area contributed by atoms with Crippen molar-refractivity contribution in [2.24, 2.45) is 11.7 Å². The zero-order chi connectivity index (χ0) is 12.4. The molecule has 1 saturated carbocycles. The number of benzene rings is 1. The van der Waals surface area contributed by atoms with Crippen LogP contribution in [0, 0.1) is 5.92 Å². The van der Waals surface area contributed by atoms with Crippen LogP contribution < -0.4 is 5.73 Å². The van der Waals surface area contributed by atoms with Crippen molar-refractivity contribution in [3.8, 4) is 0 Å². The maximum absolute atomic E-state index is 11.2. The van der Waals surface area contributed by atoms with Crippen molar-refractivity contribution < 1.29 is 9.59 Å². The van der Waals surface area contributed by atoms with Crippen LogP contribution in [0.2, 0.25) is 0 Å². The van der Waals surface area contributed by atoms with Crippen LogP contribution in [0.1, 0.15) is 30.1 Å². The Kier molecular flexibility index (Phi) is 3.52. The van der Waals surface area contributed by atoms with Crippen molar-refractivity contribution in [1.82, 2.24) is 0 Å². The zero-order valence-electron chi connectivity index (χ0n) is 9.68. The number of ketones is 1. The third kappa shape index (κ3) is 2.88. The van der Waals surface area contributed by atoms with Crippen molar-refractivity contribution in [2.45, 2.75) is 29.9 Å². The molecule has 0 heterocycles. The number of thioether (sulfide) groups is 1. The van der Waals surface area contributed by atoms with Crippen molar-refractivity contribution in [2.75, 3.05) is 0 Å². The van der Waals surface area contributed by atoms with Crippen molar-refractivity contribution in [3.05, 3.63) is 29.8 Å². The van der Waals surface area contributed by atoms with E-state index in [1.165, 1.54) is 0 Å². The van der Waals surface area contributed by atoms with Gasteiger partial charge in [-0.1, -0.05) is 12.1 Å². The first kappa shape index (κ1) is 12.2. The first-order valence-corrected chi connectivity index (χ1v) is 6.51. The molecule has 0 saturated heterocycles. The van der Waals surface area contributed by atoms with E-state index in [0.717, 1.165) is 23.3 Å². The van der Waals surface area contributed by atoms with Gasteiger partial charge < -0.3 is 5.73 Å². The minimum Gasteiger partial charge on any atom is -0.369 e. The minimum atomic E-state index is -0.195. The normalized spacial score (nSPS) is 22.9. The van der Waals surface area contributed by atoms with Gasteiger partial charge in [0.1, 0.15) is 0 Å². The number of hydrogen-bond acceptors (Lipinski definition) is 3. The van der Waals surface area contributed by atoms with E-state index in [4.69, 9.17) is 5.73 Å². The first-order valence-electron chi connectivity index (χ1n) is 5.63.